The topological polar surface area (TPSA) is 74.6 Å². The zero-order chi connectivity index (χ0) is 24.8. The highest BCUT2D eigenvalue weighted by Crippen LogP contribution is 2.44. The predicted molar refractivity (Wildman–Crippen MR) is 151 cm³/mol. The van der Waals surface area contributed by atoms with Gasteiger partial charge in [0, 0.05) is 21.3 Å². The molecule has 1 saturated heterocycles. The standard InChI is InChI=1S/C23H23BrN2O2S.C5H11N/c1-13-12-18(16-8-10-17(24)11-9-16)19-20(21(23(27)28)29-22(19)25-13)26-14(2)15-6-4-3-5-7-15;1-2-4-6-5-3-1/h8-12,15H,3-7H2,1-2H3,(H,27,28);6H,1-5H2. The van der Waals surface area contributed by atoms with Gasteiger partial charge in [0.2, 0.25) is 0 Å². The second kappa shape index (κ2) is 12.2. The van der Waals surface area contributed by atoms with Crippen LogP contribution in [0.3, 0.4) is 0 Å². The summed E-state index contributed by atoms with van der Waals surface area (Å²) in [7, 11) is 0. The fourth-order valence-electron chi connectivity index (χ4n) is 4.90. The third kappa shape index (κ3) is 6.57. The van der Waals surface area contributed by atoms with E-state index < -0.39 is 5.97 Å². The summed E-state index contributed by atoms with van der Waals surface area (Å²) in [4.78, 5) is 22.6. The maximum absolute atomic E-state index is 12.0. The van der Waals surface area contributed by atoms with E-state index in [9.17, 15) is 9.90 Å². The zero-order valence-electron chi connectivity index (χ0n) is 20.6. The van der Waals surface area contributed by atoms with Crippen LogP contribution in [-0.2, 0) is 0 Å². The van der Waals surface area contributed by atoms with Crippen molar-refractivity contribution in [3.8, 4) is 11.1 Å². The van der Waals surface area contributed by atoms with E-state index in [4.69, 9.17) is 4.99 Å². The molecule has 0 unspecified atom stereocenters. The zero-order valence-corrected chi connectivity index (χ0v) is 23.0. The van der Waals surface area contributed by atoms with Gasteiger partial charge < -0.3 is 10.4 Å². The summed E-state index contributed by atoms with van der Waals surface area (Å²) in [5.41, 5.74) is 4.48. The molecule has 7 heteroatoms. The fourth-order valence-corrected chi connectivity index (χ4v) is 6.19. The lowest BCUT2D eigenvalue weighted by molar-refractivity contribution is 0.0703. The van der Waals surface area contributed by atoms with Gasteiger partial charge in [0.05, 0.1) is 5.69 Å². The summed E-state index contributed by atoms with van der Waals surface area (Å²) in [5, 5.41) is 14.0. The van der Waals surface area contributed by atoms with Gasteiger partial charge in [-0.25, -0.2) is 9.78 Å². The minimum atomic E-state index is -0.942. The number of hydrogen-bond donors (Lipinski definition) is 2. The smallest absolute Gasteiger partial charge is 0.348 e. The molecule has 186 valence electrons. The van der Waals surface area contributed by atoms with Crippen molar-refractivity contribution in [3.63, 3.8) is 0 Å². The molecule has 0 amide bonds. The highest BCUT2D eigenvalue weighted by atomic mass is 79.9. The summed E-state index contributed by atoms with van der Waals surface area (Å²) in [5.74, 6) is -0.502. The van der Waals surface area contributed by atoms with Gasteiger partial charge in [-0.05, 0) is 87.9 Å². The Kier molecular flexibility index (Phi) is 9.09. The molecule has 3 aromatic rings. The second-order valence-electron chi connectivity index (χ2n) is 9.48. The molecule has 2 fully saturated rings. The first-order valence-corrected chi connectivity index (χ1v) is 14.2. The van der Waals surface area contributed by atoms with Gasteiger partial charge in [0.25, 0.3) is 0 Å². The number of benzene rings is 1. The molecule has 1 aromatic carbocycles. The van der Waals surface area contributed by atoms with Gasteiger partial charge >= 0.3 is 5.97 Å². The monoisotopic (exact) mass is 555 g/mol. The summed E-state index contributed by atoms with van der Waals surface area (Å²) in [6.45, 7) is 6.49. The van der Waals surface area contributed by atoms with Crippen LogP contribution < -0.4 is 5.32 Å². The molecule has 5 nitrogen and oxygen atoms in total. The van der Waals surface area contributed by atoms with Crippen molar-refractivity contribution in [2.24, 2.45) is 10.9 Å². The van der Waals surface area contributed by atoms with Crippen LogP contribution in [0, 0.1) is 12.8 Å². The Morgan fingerprint density at radius 2 is 1.74 bits per heavy atom. The van der Waals surface area contributed by atoms with Gasteiger partial charge in [-0.1, -0.05) is 53.7 Å². The summed E-state index contributed by atoms with van der Waals surface area (Å²) in [6.07, 6.45) is 10.2. The number of rotatable bonds is 4. The predicted octanol–water partition coefficient (Wildman–Crippen LogP) is 8.17. The molecule has 1 aliphatic carbocycles. The summed E-state index contributed by atoms with van der Waals surface area (Å²) >= 11 is 4.71. The Bertz CT molecular complexity index is 1180. The van der Waals surface area contributed by atoms with Crippen LogP contribution >= 0.6 is 27.3 Å². The minimum Gasteiger partial charge on any atom is -0.477 e. The first kappa shape index (κ1) is 26.0. The van der Waals surface area contributed by atoms with E-state index in [2.05, 4.69) is 26.2 Å². The molecule has 0 spiro atoms. The number of hydrogen-bond acceptors (Lipinski definition) is 5. The molecule has 2 N–H and O–H groups in total. The molecule has 3 heterocycles. The number of aliphatic imine (C=N–C) groups is 1. The van der Waals surface area contributed by atoms with Crippen molar-refractivity contribution < 1.29 is 9.90 Å². The number of nitrogens with zero attached hydrogens (tertiary/aromatic N) is 2. The molecule has 0 radical (unpaired) electrons. The van der Waals surface area contributed by atoms with Crippen LogP contribution in [0.1, 0.15) is 73.7 Å². The summed E-state index contributed by atoms with van der Waals surface area (Å²) in [6, 6.07) is 10.1. The number of pyridine rings is 1. The molecule has 0 bridgehead atoms. The highest BCUT2D eigenvalue weighted by Gasteiger charge is 2.24. The van der Waals surface area contributed by atoms with Gasteiger partial charge in [0.1, 0.15) is 9.71 Å². The van der Waals surface area contributed by atoms with E-state index in [1.807, 2.05) is 44.2 Å². The van der Waals surface area contributed by atoms with Crippen molar-refractivity contribution in [1.29, 1.82) is 0 Å². The Hall–Kier alpha value is -2.09. The van der Waals surface area contributed by atoms with Crippen molar-refractivity contribution in [2.75, 3.05) is 13.1 Å². The third-order valence-electron chi connectivity index (χ3n) is 6.81. The Morgan fingerprint density at radius 1 is 1.09 bits per heavy atom. The molecule has 0 atom stereocenters. The van der Waals surface area contributed by atoms with Gasteiger partial charge in [0.15, 0.2) is 0 Å². The lowest BCUT2D eigenvalue weighted by Gasteiger charge is -2.21. The van der Waals surface area contributed by atoms with Crippen molar-refractivity contribution in [1.82, 2.24) is 10.3 Å². The molecule has 5 rings (SSSR count). The van der Waals surface area contributed by atoms with Crippen molar-refractivity contribution in [3.05, 3.63) is 45.4 Å². The number of nitrogens with one attached hydrogen (secondary N) is 1. The van der Waals surface area contributed by atoms with E-state index in [-0.39, 0.29) is 4.88 Å². The normalized spacial score (nSPS) is 17.2. The highest BCUT2D eigenvalue weighted by molar-refractivity contribution is 9.10. The largest absolute Gasteiger partial charge is 0.477 e. The maximum atomic E-state index is 12.0. The van der Waals surface area contributed by atoms with Crippen LogP contribution in [0.25, 0.3) is 21.3 Å². The number of fused-ring (bicyclic) bond motifs is 1. The number of carbonyl (C=O) groups is 1. The average Bonchev–Trinajstić information content (AvgIpc) is 3.24. The molecule has 2 aromatic heterocycles. The number of carboxylic acid groups (broad SMARTS) is 1. The fraction of sp³-hybridized carbons (Fsp3) is 0.464. The van der Waals surface area contributed by atoms with E-state index in [1.165, 1.54) is 63.0 Å². The van der Waals surface area contributed by atoms with Crippen LogP contribution in [0.4, 0.5) is 5.69 Å². The molecular weight excluding hydrogens is 522 g/mol. The molecular formula is C28H34BrN3O2S. The van der Waals surface area contributed by atoms with E-state index in [0.717, 1.165) is 50.1 Å². The van der Waals surface area contributed by atoms with Crippen LogP contribution in [0.2, 0.25) is 0 Å². The number of piperidine rings is 1. The van der Waals surface area contributed by atoms with Gasteiger partial charge in [-0.2, -0.15) is 0 Å². The SMILES string of the molecule is C1CCNCC1.CC(=Nc1c(C(=O)O)sc2nc(C)cc(-c3ccc(Br)cc3)c12)C1CCCCC1. The second-order valence-corrected chi connectivity index (χ2v) is 11.4. The minimum absolute atomic E-state index is 0.270. The van der Waals surface area contributed by atoms with E-state index in [1.54, 1.807) is 0 Å². The van der Waals surface area contributed by atoms with Gasteiger partial charge in [-0.3, -0.25) is 4.99 Å². The first-order valence-electron chi connectivity index (χ1n) is 12.6. The average molecular weight is 557 g/mol. The Morgan fingerprint density at radius 3 is 2.31 bits per heavy atom. The van der Waals surface area contributed by atoms with E-state index in [0.29, 0.717) is 11.6 Å². The third-order valence-corrected chi connectivity index (χ3v) is 8.40. The summed E-state index contributed by atoms with van der Waals surface area (Å²) < 4.78 is 1.01. The van der Waals surface area contributed by atoms with Crippen LogP contribution in [0.5, 0.6) is 0 Å². The lowest BCUT2D eigenvalue weighted by atomic mass is 9.86. The van der Waals surface area contributed by atoms with Gasteiger partial charge in [-0.15, -0.1) is 11.3 Å². The Balaban J connectivity index is 0.000000421. The number of halogens is 1. The molecule has 1 aliphatic heterocycles. The number of aromatic nitrogens is 1. The quantitative estimate of drug-likeness (QED) is 0.318. The van der Waals surface area contributed by atoms with Crippen LogP contribution in [0.15, 0.2) is 39.8 Å². The molecule has 35 heavy (non-hydrogen) atoms. The number of aromatic carboxylic acids is 1. The molecule has 1 saturated carbocycles. The van der Waals surface area contributed by atoms with Crippen molar-refractivity contribution >= 4 is 54.9 Å². The van der Waals surface area contributed by atoms with Crippen LogP contribution in [-0.4, -0.2) is 34.9 Å². The van der Waals surface area contributed by atoms with Crippen molar-refractivity contribution in [2.45, 2.75) is 65.2 Å². The number of carboxylic acids is 1. The number of aryl methyl sites for hydroxylation is 1. The molecule has 2 aliphatic rings. The first-order chi connectivity index (χ1) is 16.9. The number of thiophene rings is 1. The lowest BCUT2D eigenvalue weighted by Crippen LogP contribution is -2.21. The Labute approximate surface area is 220 Å². The van der Waals surface area contributed by atoms with E-state index >= 15 is 0 Å². The maximum Gasteiger partial charge on any atom is 0.348 e.